The fourth-order valence-corrected chi connectivity index (χ4v) is 6.45. The number of thioether (sulfide) groups is 1. The molecule has 0 radical (unpaired) electrons. The van der Waals surface area contributed by atoms with Crippen molar-refractivity contribution >= 4 is 58.5 Å². The van der Waals surface area contributed by atoms with Gasteiger partial charge in [-0.3, -0.25) is 14.4 Å². The van der Waals surface area contributed by atoms with Gasteiger partial charge in [0.25, 0.3) is 11.8 Å². The highest BCUT2D eigenvalue weighted by atomic mass is 35.5. The van der Waals surface area contributed by atoms with Gasteiger partial charge < -0.3 is 16.0 Å². The van der Waals surface area contributed by atoms with Gasteiger partial charge in [0.15, 0.2) is 0 Å². The van der Waals surface area contributed by atoms with Gasteiger partial charge in [-0.05, 0) is 89.3 Å². The summed E-state index contributed by atoms with van der Waals surface area (Å²) in [6, 6.07) is 48.7. The van der Waals surface area contributed by atoms with Crippen LogP contribution in [0.25, 0.3) is 17.2 Å². The average Bonchev–Trinajstić information content (AvgIpc) is 3.17. The summed E-state index contributed by atoms with van der Waals surface area (Å²) >= 11 is 7.69. The molecule has 6 aromatic carbocycles. The van der Waals surface area contributed by atoms with Crippen molar-refractivity contribution in [1.82, 2.24) is 5.32 Å². The maximum Gasteiger partial charge on any atom is 0.272 e. The van der Waals surface area contributed by atoms with Crippen LogP contribution in [0.2, 0.25) is 5.02 Å². The molecule has 0 fully saturated rings. The second kappa shape index (κ2) is 16.7. The molecule has 6 aromatic rings. The summed E-state index contributed by atoms with van der Waals surface area (Å²) in [6.07, 6.45) is 1.65. The van der Waals surface area contributed by atoms with Crippen molar-refractivity contribution in [2.24, 2.45) is 0 Å². The summed E-state index contributed by atoms with van der Waals surface area (Å²) in [5.74, 6) is -1.07. The van der Waals surface area contributed by atoms with E-state index in [1.165, 1.54) is 11.8 Å². The van der Waals surface area contributed by atoms with Crippen molar-refractivity contribution in [1.29, 1.82) is 0 Å². The number of benzene rings is 6. The van der Waals surface area contributed by atoms with Crippen LogP contribution in [0.3, 0.4) is 0 Å². The predicted molar refractivity (Wildman–Crippen MR) is 209 cm³/mol. The van der Waals surface area contributed by atoms with Crippen LogP contribution in [0.15, 0.2) is 168 Å². The van der Waals surface area contributed by atoms with Crippen LogP contribution in [0.5, 0.6) is 0 Å². The van der Waals surface area contributed by atoms with Crippen LogP contribution in [-0.4, -0.2) is 17.7 Å². The smallest absolute Gasteiger partial charge is 0.272 e. The Kier molecular flexibility index (Phi) is 11.4. The third-order valence-electron chi connectivity index (χ3n) is 8.00. The third-order valence-corrected chi connectivity index (χ3v) is 9.68. The highest BCUT2D eigenvalue weighted by molar-refractivity contribution is 8.00. The molecule has 252 valence electrons. The minimum atomic E-state index is -0.553. The molecule has 0 heterocycles. The molecule has 0 aromatic heterocycles. The quantitative estimate of drug-likeness (QED) is 0.0924. The van der Waals surface area contributed by atoms with Crippen LogP contribution >= 0.6 is 23.4 Å². The SMILES string of the molecule is Cc1ccc(NC(=O)C(Sc2ccc(NC(=O)/C(=C/c3ccc(-c4ccccc4)cc3)NC(=O)c3ccccc3)cc2)c2ccccc2)cc1Cl. The van der Waals surface area contributed by atoms with Gasteiger partial charge in [0.1, 0.15) is 10.9 Å². The van der Waals surface area contributed by atoms with Gasteiger partial charge in [0.05, 0.1) is 0 Å². The van der Waals surface area contributed by atoms with Crippen LogP contribution in [-0.2, 0) is 9.59 Å². The van der Waals surface area contributed by atoms with Crippen molar-refractivity contribution in [3.05, 3.63) is 191 Å². The number of hydrogen-bond donors (Lipinski definition) is 3. The van der Waals surface area contributed by atoms with Gasteiger partial charge in [-0.15, -0.1) is 11.8 Å². The van der Waals surface area contributed by atoms with Crippen LogP contribution < -0.4 is 16.0 Å². The molecule has 8 heteroatoms. The predicted octanol–water partition coefficient (Wildman–Crippen LogP) is 10.2. The standard InChI is InChI=1S/C43H34ClN3O3S/c1-29-17-22-36(28-38(29)44)46-43(50)40(33-13-7-3-8-14-33)51-37-25-23-35(24-26-37)45-42(49)39(47-41(48)34-15-9-4-10-16-34)27-30-18-20-32(21-19-30)31-11-5-2-6-12-31/h2-28,40H,1H3,(H,45,49)(H,46,50)(H,47,48)/b39-27-. The Morgan fingerprint density at radius 1 is 0.647 bits per heavy atom. The lowest BCUT2D eigenvalue weighted by Crippen LogP contribution is -2.30. The van der Waals surface area contributed by atoms with Gasteiger partial charge in [-0.2, -0.15) is 0 Å². The number of anilines is 2. The van der Waals surface area contributed by atoms with E-state index in [9.17, 15) is 14.4 Å². The first kappa shape index (κ1) is 35.0. The number of halogens is 1. The van der Waals surface area contributed by atoms with Crippen molar-refractivity contribution < 1.29 is 14.4 Å². The number of aryl methyl sites for hydroxylation is 1. The molecule has 6 nitrogen and oxygen atoms in total. The minimum Gasteiger partial charge on any atom is -0.325 e. The van der Waals surface area contributed by atoms with Gasteiger partial charge in [0.2, 0.25) is 5.91 Å². The first-order valence-electron chi connectivity index (χ1n) is 16.3. The second-order valence-electron chi connectivity index (χ2n) is 11.7. The number of rotatable bonds is 11. The zero-order chi connectivity index (χ0) is 35.6. The Hall–Kier alpha value is -5.89. The summed E-state index contributed by atoms with van der Waals surface area (Å²) in [6.45, 7) is 1.91. The number of carbonyl (C=O) groups excluding carboxylic acids is 3. The molecule has 6 rings (SSSR count). The van der Waals surface area contributed by atoms with Crippen molar-refractivity contribution in [3.8, 4) is 11.1 Å². The van der Waals surface area contributed by atoms with E-state index in [1.807, 2.05) is 122 Å². The maximum absolute atomic E-state index is 13.7. The molecule has 0 aliphatic carbocycles. The van der Waals surface area contributed by atoms with Gasteiger partial charge in [0, 0.05) is 26.9 Å². The van der Waals surface area contributed by atoms with Gasteiger partial charge in [-0.25, -0.2) is 0 Å². The van der Waals surface area contributed by atoms with E-state index in [1.54, 1.807) is 48.5 Å². The molecule has 3 N–H and O–H groups in total. The average molecular weight is 708 g/mol. The number of carbonyl (C=O) groups is 3. The fourth-order valence-electron chi connectivity index (χ4n) is 5.24. The van der Waals surface area contributed by atoms with Gasteiger partial charge >= 0.3 is 0 Å². The summed E-state index contributed by atoms with van der Waals surface area (Å²) in [5.41, 5.74) is 6.30. The fraction of sp³-hybridized carbons (Fsp3) is 0.0465. The largest absolute Gasteiger partial charge is 0.325 e. The summed E-state index contributed by atoms with van der Waals surface area (Å²) in [4.78, 5) is 41.2. The topological polar surface area (TPSA) is 87.3 Å². The van der Waals surface area contributed by atoms with E-state index in [0.29, 0.717) is 22.0 Å². The molecule has 0 aliphatic heterocycles. The number of hydrogen-bond acceptors (Lipinski definition) is 4. The Balaban J connectivity index is 1.19. The Labute approximate surface area is 306 Å². The van der Waals surface area contributed by atoms with Crippen LogP contribution in [0, 0.1) is 6.92 Å². The van der Waals surface area contributed by atoms with Crippen LogP contribution in [0.1, 0.15) is 32.3 Å². The monoisotopic (exact) mass is 707 g/mol. The van der Waals surface area contributed by atoms with E-state index in [-0.39, 0.29) is 11.6 Å². The molecule has 0 saturated carbocycles. The molecule has 0 saturated heterocycles. The van der Waals surface area contributed by atoms with Crippen molar-refractivity contribution in [3.63, 3.8) is 0 Å². The summed E-state index contributed by atoms with van der Waals surface area (Å²) in [7, 11) is 0. The first-order chi connectivity index (χ1) is 24.8. The zero-order valence-corrected chi connectivity index (χ0v) is 29.2. The molecule has 0 spiro atoms. The number of amides is 3. The molecule has 3 amide bonds. The lowest BCUT2D eigenvalue weighted by Gasteiger charge is -2.18. The first-order valence-corrected chi connectivity index (χ1v) is 17.5. The molecular formula is C43H34ClN3O3S. The third kappa shape index (κ3) is 9.42. The summed E-state index contributed by atoms with van der Waals surface area (Å²) < 4.78 is 0. The molecule has 51 heavy (non-hydrogen) atoms. The molecule has 0 bridgehead atoms. The highest BCUT2D eigenvalue weighted by Gasteiger charge is 2.23. The molecule has 0 aliphatic rings. The molecular weight excluding hydrogens is 674 g/mol. The zero-order valence-electron chi connectivity index (χ0n) is 27.7. The van der Waals surface area contributed by atoms with E-state index in [0.717, 1.165) is 32.7 Å². The second-order valence-corrected chi connectivity index (χ2v) is 13.3. The highest BCUT2D eigenvalue weighted by Crippen LogP contribution is 2.37. The van der Waals surface area contributed by atoms with Crippen molar-refractivity contribution in [2.75, 3.05) is 10.6 Å². The van der Waals surface area contributed by atoms with E-state index >= 15 is 0 Å². The van der Waals surface area contributed by atoms with Crippen LogP contribution in [0.4, 0.5) is 11.4 Å². The Bertz CT molecular complexity index is 2160. The van der Waals surface area contributed by atoms with E-state index < -0.39 is 17.1 Å². The Morgan fingerprint density at radius 2 is 1.24 bits per heavy atom. The lowest BCUT2D eigenvalue weighted by molar-refractivity contribution is -0.116. The lowest BCUT2D eigenvalue weighted by atomic mass is 10.0. The van der Waals surface area contributed by atoms with Crippen molar-refractivity contribution in [2.45, 2.75) is 17.1 Å². The number of nitrogens with one attached hydrogen (secondary N) is 3. The maximum atomic E-state index is 13.7. The van der Waals surface area contributed by atoms with E-state index in [4.69, 9.17) is 11.6 Å². The normalized spacial score (nSPS) is 11.7. The minimum absolute atomic E-state index is 0.0896. The van der Waals surface area contributed by atoms with E-state index in [2.05, 4.69) is 16.0 Å². The summed E-state index contributed by atoms with van der Waals surface area (Å²) in [5, 5.41) is 8.73. The molecule has 1 unspecified atom stereocenters. The Morgan fingerprint density at radius 3 is 1.88 bits per heavy atom. The molecule has 1 atom stereocenters. The van der Waals surface area contributed by atoms with Gasteiger partial charge in [-0.1, -0.05) is 121 Å².